The number of amides is 1. The van der Waals surface area contributed by atoms with E-state index in [0.717, 1.165) is 37.1 Å². The van der Waals surface area contributed by atoms with Crippen LogP contribution >= 0.6 is 0 Å². The molecule has 2 aromatic rings. The van der Waals surface area contributed by atoms with Crippen molar-refractivity contribution in [2.75, 3.05) is 6.54 Å². The molecule has 2 aromatic carbocycles. The maximum Gasteiger partial charge on any atom is 0.226 e. The summed E-state index contributed by atoms with van der Waals surface area (Å²) < 4.78 is 54.3. The number of nitrogens with zero attached hydrogens (tertiary/aromatic N) is 2. The Hall–Kier alpha value is -2.90. The summed E-state index contributed by atoms with van der Waals surface area (Å²) in [6.45, 7) is 0.101. The molecule has 1 atom stereocenters. The number of carbonyl (C=O) groups is 1. The van der Waals surface area contributed by atoms with Crippen molar-refractivity contribution in [1.82, 2.24) is 4.90 Å². The molecule has 4 rings (SSSR count). The van der Waals surface area contributed by atoms with Crippen molar-refractivity contribution in [2.24, 2.45) is 11.1 Å². The van der Waals surface area contributed by atoms with E-state index in [4.69, 9.17) is 4.84 Å². The fraction of sp³-hybridized carbons (Fsp3) is 0.333. The third kappa shape index (κ3) is 4.41. The van der Waals surface area contributed by atoms with Gasteiger partial charge in [0.15, 0.2) is 6.10 Å². The molecule has 0 bridgehead atoms. The average Bonchev–Trinajstić information content (AvgIpc) is 3.42. The van der Waals surface area contributed by atoms with Gasteiger partial charge in [-0.1, -0.05) is 11.2 Å². The van der Waals surface area contributed by atoms with Gasteiger partial charge in [-0.3, -0.25) is 4.79 Å². The van der Waals surface area contributed by atoms with Gasteiger partial charge in [0.2, 0.25) is 5.91 Å². The summed E-state index contributed by atoms with van der Waals surface area (Å²) in [7, 11) is 0. The Morgan fingerprint density at radius 3 is 2.38 bits per heavy atom. The summed E-state index contributed by atoms with van der Waals surface area (Å²) in [6.07, 6.45) is 1.23. The lowest BCUT2D eigenvalue weighted by atomic mass is 10.0. The summed E-state index contributed by atoms with van der Waals surface area (Å²) in [5.41, 5.74) is 0.655. The van der Waals surface area contributed by atoms with Gasteiger partial charge in [0.25, 0.3) is 0 Å². The van der Waals surface area contributed by atoms with Crippen molar-refractivity contribution >= 4 is 11.6 Å². The van der Waals surface area contributed by atoms with Crippen LogP contribution in [-0.4, -0.2) is 29.2 Å². The van der Waals surface area contributed by atoms with Crippen LogP contribution < -0.4 is 0 Å². The first-order valence-electron chi connectivity index (χ1n) is 9.31. The van der Waals surface area contributed by atoms with E-state index < -0.39 is 29.4 Å². The highest BCUT2D eigenvalue weighted by atomic mass is 19.1. The Bertz CT molecular complexity index is 975. The highest BCUT2D eigenvalue weighted by Gasteiger charge is 2.36. The van der Waals surface area contributed by atoms with Crippen LogP contribution in [0.3, 0.4) is 0 Å². The highest BCUT2D eigenvalue weighted by molar-refractivity contribution is 6.01. The lowest BCUT2D eigenvalue weighted by Crippen LogP contribution is -2.38. The molecule has 0 N–H and O–H groups in total. The van der Waals surface area contributed by atoms with Gasteiger partial charge in [-0.25, -0.2) is 17.6 Å². The minimum atomic E-state index is -0.743. The molecule has 1 amide bonds. The molecule has 29 heavy (non-hydrogen) atoms. The second kappa shape index (κ2) is 7.85. The van der Waals surface area contributed by atoms with Gasteiger partial charge in [0, 0.05) is 42.1 Å². The van der Waals surface area contributed by atoms with Crippen LogP contribution in [-0.2, 0) is 16.2 Å². The Labute approximate surface area is 164 Å². The zero-order valence-electron chi connectivity index (χ0n) is 15.4. The number of carbonyl (C=O) groups excluding carboxylic acids is 1. The number of rotatable bonds is 6. The molecular formula is C21H18F4N2O2. The summed E-state index contributed by atoms with van der Waals surface area (Å²) in [4.78, 5) is 19.5. The topological polar surface area (TPSA) is 41.9 Å². The highest BCUT2D eigenvalue weighted by Crippen LogP contribution is 2.32. The number of halogens is 4. The van der Waals surface area contributed by atoms with E-state index in [-0.39, 0.29) is 42.5 Å². The number of hydrogen-bond donors (Lipinski definition) is 0. The van der Waals surface area contributed by atoms with Crippen LogP contribution in [0.2, 0.25) is 0 Å². The second-order valence-electron chi connectivity index (χ2n) is 7.32. The summed E-state index contributed by atoms with van der Waals surface area (Å²) >= 11 is 0. The molecule has 0 radical (unpaired) electrons. The monoisotopic (exact) mass is 406 g/mol. The Balaban J connectivity index is 1.46. The van der Waals surface area contributed by atoms with Crippen LogP contribution in [0.4, 0.5) is 17.6 Å². The van der Waals surface area contributed by atoms with E-state index in [1.54, 1.807) is 0 Å². The van der Waals surface area contributed by atoms with Crippen molar-refractivity contribution in [3.8, 4) is 0 Å². The SMILES string of the molecule is O=C(C1CC1)N(Cc1ccc(F)cc1F)C[C@H]1CC(c2ccc(F)cc2F)=NO1. The summed E-state index contributed by atoms with van der Waals surface area (Å²) in [5, 5.41) is 3.88. The van der Waals surface area contributed by atoms with Gasteiger partial charge < -0.3 is 9.74 Å². The quantitative estimate of drug-likeness (QED) is 0.676. The average molecular weight is 406 g/mol. The zero-order chi connectivity index (χ0) is 20.5. The minimum absolute atomic E-state index is 0.0262. The number of benzene rings is 2. The fourth-order valence-corrected chi connectivity index (χ4v) is 3.33. The molecule has 0 unspecified atom stereocenters. The lowest BCUT2D eigenvalue weighted by Gasteiger charge is -2.25. The molecule has 152 valence electrons. The van der Waals surface area contributed by atoms with Crippen molar-refractivity contribution in [3.63, 3.8) is 0 Å². The van der Waals surface area contributed by atoms with Crippen molar-refractivity contribution < 1.29 is 27.2 Å². The standard InChI is InChI=1S/C21H18F4N2O2/c22-14-4-3-13(18(24)7-14)10-27(21(28)12-1-2-12)11-16-9-20(26-29-16)17-6-5-15(23)8-19(17)25/h3-8,12,16H,1-2,9-11H2/t16-/m1/s1. The predicted octanol–water partition coefficient (Wildman–Crippen LogP) is 4.17. The maximum atomic E-state index is 14.1. The van der Waals surface area contributed by atoms with Crippen LogP contribution in [0.15, 0.2) is 41.6 Å². The Kier molecular flexibility index (Phi) is 5.25. The molecule has 0 aromatic heterocycles. The Morgan fingerprint density at radius 1 is 1.03 bits per heavy atom. The van der Waals surface area contributed by atoms with Gasteiger partial charge in [0.1, 0.15) is 23.3 Å². The smallest absolute Gasteiger partial charge is 0.226 e. The van der Waals surface area contributed by atoms with Gasteiger partial charge in [0.05, 0.1) is 12.3 Å². The predicted molar refractivity (Wildman–Crippen MR) is 96.9 cm³/mol. The summed E-state index contributed by atoms with van der Waals surface area (Å²) in [6, 6.07) is 6.42. The van der Waals surface area contributed by atoms with Gasteiger partial charge >= 0.3 is 0 Å². The molecule has 1 aliphatic heterocycles. The first-order chi connectivity index (χ1) is 13.9. The van der Waals surface area contributed by atoms with Crippen LogP contribution in [0.25, 0.3) is 0 Å². The van der Waals surface area contributed by atoms with Crippen molar-refractivity contribution in [2.45, 2.75) is 31.9 Å². The molecule has 1 saturated carbocycles. The second-order valence-corrected chi connectivity index (χ2v) is 7.32. The van der Waals surface area contributed by atoms with Gasteiger partial charge in [-0.15, -0.1) is 0 Å². The zero-order valence-corrected chi connectivity index (χ0v) is 15.4. The van der Waals surface area contributed by atoms with E-state index in [2.05, 4.69) is 5.16 Å². The van der Waals surface area contributed by atoms with E-state index in [1.165, 1.54) is 17.0 Å². The van der Waals surface area contributed by atoms with E-state index in [1.807, 2.05) is 0 Å². The molecular weight excluding hydrogens is 388 g/mol. The minimum Gasteiger partial charge on any atom is -0.390 e. The van der Waals surface area contributed by atoms with Crippen molar-refractivity contribution in [1.29, 1.82) is 0 Å². The molecule has 0 saturated heterocycles. The van der Waals surface area contributed by atoms with Crippen molar-refractivity contribution in [3.05, 3.63) is 70.8 Å². The number of oxime groups is 1. The van der Waals surface area contributed by atoms with Crippen LogP contribution in [0.5, 0.6) is 0 Å². The van der Waals surface area contributed by atoms with E-state index >= 15 is 0 Å². The molecule has 4 nitrogen and oxygen atoms in total. The number of hydrogen-bond acceptors (Lipinski definition) is 3. The van der Waals surface area contributed by atoms with Crippen LogP contribution in [0.1, 0.15) is 30.4 Å². The molecule has 2 aliphatic rings. The maximum absolute atomic E-state index is 14.1. The van der Waals surface area contributed by atoms with E-state index in [0.29, 0.717) is 5.71 Å². The first-order valence-corrected chi connectivity index (χ1v) is 9.31. The molecule has 8 heteroatoms. The third-order valence-corrected chi connectivity index (χ3v) is 5.01. The largest absolute Gasteiger partial charge is 0.390 e. The molecule has 1 heterocycles. The normalized spacial score (nSPS) is 18.3. The third-order valence-electron chi connectivity index (χ3n) is 5.01. The van der Waals surface area contributed by atoms with E-state index in [9.17, 15) is 22.4 Å². The fourth-order valence-electron chi connectivity index (χ4n) is 3.33. The molecule has 0 spiro atoms. The summed E-state index contributed by atoms with van der Waals surface area (Å²) in [5.74, 6) is -3.08. The van der Waals surface area contributed by atoms with Gasteiger partial charge in [-0.2, -0.15) is 0 Å². The Morgan fingerprint density at radius 2 is 1.72 bits per heavy atom. The molecule has 1 fully saturated rings. The van der Waals surface area contributed by atoms with Crippen LogP contribution in [0, 0.1) is 29.2 Å². The first kappa shape index (κ1) is 19.4. The molecule has 1 aliphatic carbocycles. The van der Waals surface area contributed by atoms with Gasteiger partial charge in [-0.05, 0) is 31.0 Å². The lowest BCUT2D eigenvalue weighted by molar-refractivity contribution is -0.135.